The Hall–Kier alpha value is -0.760. The molecule has 1 nitrogen and oxygen atoms in total. The van der Waals surface area contributed by atoms with Crippen molar-refractivity contribution < 1.29 is 0 Å². The Bertz CT molecular complexity index is 353. The minimum Gasteiger partial charge on any atom is -0.282 e. The molecule has 0 fully saturated rings. The second kappa shape index (κ2) is 4.40. The van der Waals surface area contributed by atoms with Crippen molar-refractivity contribution in [3.8, 4) is 0 Å². The van der Waals surface area contributed by atoms with Gasteiger partial charge in [-0.3, -0.25) is 4.99 Å². The van der Waals surface area contributed by atoms with Gasteiger partial charge in [0.2, 0.25) is 0 Å². The highest BCUT2D eigenvalue weighted by atomic mass is 32.2. The van der Waals surface area contributed by atoms with Gasteiger partial charge in [0, 0.05) is 0 Å². The van der Waals surface area contributed by atoms with E-state index < -0.39 is 0 Å². The van der Waals surface area contributed by atoms with E-state index in [1.165, 1.54) is 11.1 Å². The first kappa shape index (κ1) is 10.7. The molecule has 1 heterocycles. The van der Waals surface area contributed by atoms with E-state index in [1.807, 2.05) is 17.3 Å². The molecule has 1 unspecified atom stereocenters. The van der Waals surface area contributed by atoms with Crippen molar-refractivity contribution in [2.24, 2.45) is 4.99 Å². The van der Waals surface area contributed by atoms with Crippen molar-refractivity contribution in [2.75, 3.05) is 0 Å². The molecular formula is C13H17NS. The van der Waals surface area contributed by atoms with Gasteiger partial charge in [-0.1, -0.05) is 38.1 Å². The fourth-order valence-electron chi connectivity index (χ4n) is 1.82. The van der Waals surface area contributed by atoms with Crippen LogP contribution in [0, 0.1) is 0 Å². The highest BCUT2D eigenvalue weighted by Gasteiger charge is 2.22. The summed E-state index contributed by atoms with van der Waals surface area (Å²) in [6.07, 6.45) is 0. The molecule has 2 atom stereocenters. The maximum absolute atomic E-state index is 4.39. The minimum absolute atomic E-state index is 0.417. The van der Waals surface area contributed by atoms with Crippen LogP contribution < -0.4 is 0 Å². The Morgan fingerprint density at radius 2 is 1.87 bits per heavy atom. The molecule has 2 rings (SSSR count). The van der Waals surface area contributed by atoms with Gasteiger partial charge in [0.1, 0.15) is 0 Å². The Labute approximate surface area is 96.0 Å². The summed E-state index contributed by atoms with van der Waals surface area (Å²) in [6, 6.07) is 9.40. The summed E-state index contributed by atoms with van der Waals surface area (Å²) in [4.78, 5) is 4.39. The largest absolute Gasteiger partial charge is 0.282 e. The molecule has 0 aromatic heterocycles. The Kier molecular flexibility index (Phi) is 3.15. The highest BCUT2D eigenvalue weighted by Crippen LogP contribution is 2.36. The molecule has 15 heavy (non-hydrogen) atoms. The van der Waals surface area contributed by atoms with Crippen LogP contribution in [0.1, 0.15) is 43.1 Å². The topological polar surface area (TPSA) is 12.4 Å². The van der Waals surface area contributed by atoms with Gasteiger partial charge in [-0.15, -0.1) is 11.8 Å². The minimum atomic E-state index is 0.417. The third kappa shape index (κ3) is 2.25. The zero-order valence-corrected chi connectivity index (χ0v) is 10.3. The van der Waals surface area contributed by atoms with Crippen LogP contribution in [0.3, 0.4) is 0 Å². The third-order valence-electron chi connectivity index (χ3n) is 2.87. The van der Waals surface area contributed by atoms with Crippen molar-refractivity contribution in [3.63, 3.8) is 0 Å². The summed E-state index contributed by atoms with van der Waals surface area (Å²) in [7, 11) is 0. The molecule has 0 bridgehead atoms. The van der Waals surface area contributed by atoms with Crippen LogP contribution >= 0.6 is 11.8 Å². The number of rotatable bonds is 2. The second-order valence-electron chi connectivity index (χ2n) is 4.37. The van der Waals surface area contributed by atoms with Crippen LogP contribution in [-0.4, -0.2) is 11.6 Å². The van der Waals surface area contributed by atoms with Crippen LogP contribution in [0.5, 0.6) is 0 Å². The summed E-state index contributed by atoms with van der Waals surface area (Å²) < 4.78 is 0. The molecule has 1 aliphatic heterocycles. The summed E-state index contributed by atoms with van der Waals surface area (Å²) in [5.74, 6) is 0.615. The van der Waals surface area contributed by atoms with Crippen molar-refractivity contribution in [1.82, 2.24) is 0 Å². The lowest BCUT2D eigenvalue weighted by Gasteiger charge is -2.14. The van der Waals surface area contributed by atoms with Gasteiger partial charge in [0.25, 0.3) is 0 Å². The fraction of sp³-hybridized carbons (Fsp3) is 0.462. The first-order valence-corrected chi connectivity index (χ1v) is 6.39. The SMILES string of the molecule is CC(C)c1ccc([C@@H]2SC=NC2C)cc1. The number of hydrogen-bond donors (Lipinski definition) is 0. The van der Waals surface area contributed by atoms with E-state index in [1.54, 1.807) is 0 Å². The smallest absolute Gasteiger partial charge is 0.0640 e. The van der Waals surface area contributed by atoms with E-state index >= 15 is 0 Å². The number of thioether (sulfide) groups is 1. The maximum atomic E-state index is 4.39. The molecule has 1 aromatic rings. The van der Waals surface area contributed by atoms with E-state index in [2.05, 4.69) is 50.0 Å². The van der Waals surface area contributed by atoms with Gasteiger partial charge in [-0.05, 0) is 24.0 Å². The standard InChI is InChI=1S/C13H17NS/c1-9(2)11-4-6-12(7-5-11)13-10(3)14-8-15-13/h4-10,13H,1-3H3/t10?,13-/m1/s1. The zero-order chi connectivity index (χ0) is 10.8. The highest BCUT2D eigenvalue weighted by molar-refractivity contribution is 8.12. The molecule has 0 N–H and O–H groups in total. The molecule has 80 valence electrons. The van der Waals surface area contributed by atoms with Gasteiger partial charge < -0.3 is 0 Å². The van der Waals surface area contributed by atoms with Gasteiger partial charge in [0.15, 0.2) is 0 Å². The lowest BCUT2D eigenvalue weighted by atomic mass is 9.99. The van der Waals surface area contributed by atoms with E-state index in [0.29, 0.717) is 17.2 Å². The van der Waals surface area contributed by atoms with Gasteiger partial charge in [0.05, 0.1) is 16.8 Å². The van der Waals surface area contributed by atoms with Crippen molar-refractivity contribution in [3.05, 3.63) is 35.4 Å². The average molecular weight is 219 g/mol. The van der Waals surface area contributed by atoms with Crippen molar-refractivity contribution >= 4 is 17.3 Å². The Morgan fingerprint density at radius 1 is 1.20 bits per heavy atom. The van der Waals surface area contributed by atoms with Crippen LogP contribution in [-0.2, 0) is 0 Å². The van der Waals surface area contributed by atoms with Crippen molar-refractivity contribution in [2.45, 2.75) is 38.0 Å². The predicted molar refractivity (Wildman–Crippen MR) is 68.8 cm³/mol. The van der Waals surface area contributed by atoms with Gasteiger partial charge >= 0.3 is 0 Å². The van der Waals surface area contributed by atoms with E-state index in [9.17, 15) is 0 Å². The fourth-order valence-corrected chi connectivity index (χ4v) is 2.82. The number of aliphatic imine (C=N–C) groups is 1. The first-order valence-electron chi connectivity index (χ1n) is 5.45. The van der Waals surface area contributed by atoms with Crippen LogP contribution in [0.25, 0.3) is 0 Å². The van der Waals surface area contributed by atoms with E-state index in [4.69, 9.17) is 0 Å². The van der Waals surface area contributed by atoms with Gasteiger partial charge in [-0.2, -0.15) is 0 Å². The van der Waals surface area contributed by atoms with Gasteiger partial charge in [-0.25, -0.2) is 0 Å². The number of benzene rings is 1. The molecule has 0 amide bonds. The average Bonchev–Trinajstić information content (AvgIpc) is 2.65. The molecular weight excluding hydrogens is 202 g/mol. The van der Waals surface area contributed by atoms with E-state index in [0.717, 1.165) is 0 Å². The predicted octanol–water partition coefficient (Wildman–Crippen LogP) is 4.01. The molecule has 0 saturated heterocycles. The zero-order valence-electron chi connectivity index (χ0n) is 9.47. The molecule has 0 spiro atoms. The van der Waals surface area contributed by atoms with Crippen LogP contribution in [0.15, 0.2) is 29.3 Å². The monoisotopic (exact) mass is 219 g/mol. The summed E-state index contributed by atoms with van der Waals surface area (Å²) in [5, 5.41) is 0.520. The Balaban J connectivity index is 2.17. The molecule has 0 saturated carbocycles. The normalized spacial score (nSPS) is 25.1. The third-order valence-corrected chi connectivity index (χ3v) is 4.08. The van der Waals surface area contributed by atoms with Crippen LogP contribution in [0.4, 0.5) is 0 Å². The summed E-state index contributed by atoms with van der Waals surface area (Å²) in [6.45, 7) is 6.63. The molecule has 1 aromatic carbocycles. The molecule has 0 radical (unpaired) electrons. The number of nitrogens with zero attached hydrogens (tertiary/aromatic N) is 1. The Morgan fingerprint density at radius 3 is 2.33 bits per heavy atom. The lowest BCUT2D eigenvalue weighted by molar-refractivity contribution is 0.740. The number of hydrogen-bond acceptors (Lipinski definition) is 2. The summed E-state index contributed by atoms with van der Waals surface area (Å²) >= 11 is 1.83. The summed E-state index contributed by atoms with van der Waals surface area (Å²) in [5.41, 5.74) is 4.79. The first-order chi connectivity index (χ1) is 7.18. The molecule has 1 aliphatic rings. The second-order valence-corrected chi connectivity index (χ2v) is 5.36. The quantitative estimate of drug-likeness (QED) is 0.732. The van der Waals surface area contributed by atoms with E-state index in [-0.39, 0.29) is 0 Å². The molecule has 2 heteroatoms. The van der Waals surface area contributed by atoms with Crippen LogP contribution in [0.2, 0.25) is 0 Å². The lowest BCUT2D eigenvalue weighted by Crippen LogP contribution is -2.04. The molecule has 0 aliphatic carbocycles. The maximum Gasteiger partial charge on any atom is 0.0640 e. The van der Waals surface area contributed by atoms with Crippen molar-refractivity contribution in [1.29, 1.82) is 0 Å².